The van der Waals surface area contributed by atoms with E-state index in [2.05, 4.69) is 15.6 Å². The van der Waals surface area contributed by atoms with E-state index in [0.29, 0.717) is 16.3 Å². The number of ether oxygens (including phenoxy) is 1. The quantitative estimate of drug-likeness (QED) is 0.336. The predicted molar refractivity (Wildman–Crippen MR) is 132 cm³/mol. The van der Waals surface area contributed by atoms with Gasteiger partial charge in [0, 0.05) is 24.8 Å². The van der Waals surface area contributed by atoms with Gasteiger partial charge in [0.1, 0.15) is 23.2 Å². The number of amidine groups is 1. The van der Waals surface area contributed by atoms with E-state index in [1.54, 1.807) is 18.2 Å². The number of pyridine rings is 1. The van der Waals surface area contributed by atoms with Crippen LogP contribution in [0.4, 0.5) is 15.9 Å². The van der Waals surface area contributed by atoms with Crippen molar-refractivity contribution in [1.82, 2.24) is 9.88 Å². The Labute approximate surface area is 206 Å². The zero-order valence-corrected chi connectivity index (χ0v) is 19.7. The van der Waals surface area contributed by atoms with Crippen molar-refractivity contribution in [2.75, 3.05) is 30.8 Å². The molecule has 0 bridgehead atoms. The first-order chi connectivity index (χ1) is 16.9. The van der Waals surface area contributed by atoms with Crippen LogP contribution in [0, 0.1) is 11.2 Å². The number of nitrogens with one attached hydrogen (secondary N) is 3. The van der Waals surface area contributed by atoms with Crippen molar-refractivity contribution in [3.05, 3.63) is 82.3 Å². The third-order valence-electron chi connectivity index (χ3n) is 5.60. The summed E-state index contributed by atoms with van der Waals surface area (Å²) in [5.74, 6) is -1.14. The van der Waals surface area contributed by atoms with Crippen LogP contribution >= 0.6 is 11.6 Å². The number of hydrogen-bond donors (Lipinski definition) is 3. The molecule has 0 aliphatic carbocycles. The minimum Gasteiger partial charge on any atom is -0.497 e. The third kappa shape index (κ3) is 5.58. The number of benzene rings is 2. The Balaban J connectivity index is 1.55. The highest BCUT2D eigenvalue weighted by Gasteiger charge is 2.21. The maximum atomic E-state index is 14.9. The molecule has 0 saturated carbocycles. The number of amides is 2. The van der Waals surface area contributed by atoms with Crippen LogP contribution in [0.1, 0.15) is 39.1 Å². The monoisotopic (exact) mass is 495 g/mol. The van der Waals surface area contributed by atoms with Gasteiger partial charge in [0.15, 0.2) is 0 Å². The van der Waals surface area contributed by atoms with E-state index in [9.17, 15) is 14.0 Å². The molecule has 1 aliphatic heterocycles. The number of likely N-dealkylation sites (tertiary alicyclic amines) is 1. The lowest BCUT2D eigenvalue weighted by atomic mass is 10.1. The molecular formula is C25H23ClFN5O3. The van der Waals surface area contributed by atoms with Gasteiger partial charge in [-0.3, -0.25) is 15.0 Å². The Kier molecular flexibility index (Phi) is 7.26. The second-order valence-corrected chi connectivity index (χ2v) is 8.36. The van der Waals surface area contributed by atoms with Crippen LogP contribution in [-0.2, 0) is 0 Å². The number of halogens is 2. The van der Waals surface area contributed by atoms with Gasteiger partial charge in [-0.05, 0) is 55.3 Å². The van der Waals surface area contributed by atoms with Crippen molar-refractivity contribution >= 4 is 40.8 Å². The molecule has 0 atom stereocenters. The first-order valence-corrected chi connectivity index (χ1v) is 11.3. The van der Waals surface area contributed by atoms with Crippen LogP contribution in [0.2, 0.25) is 5.02 Å². The van der Waals surface area contributed by atoms with Gasteiger partial charge in [-0.1, -0.05) is 17.7 Å². The van der Waals surface area contributed by atoms with Gasteiger partial charge in [-0.25, -0.2) is 9.37 Å². The summed E-state index contributed by atoms with van der Waals surface area (Å²) in [5, 5.41) is 13.9. The molecule has 2 heterocycles. The van der Waals surface area contributed by atoms with Crippen molar-refractivity contribution in [2.24, 2.45) is 0 Å². The molecule has 1 saturated heterocycles. The molecule has 1 aliphatic rings. The second kappa shape index (κ2) is 10.5. The van der Waals surface area contributed by atoms with E-state index in [-0.39, 0.29) is 28.5 Å². The number of aromatic nitrogens is 1. The van der Waals surface area contributed by atoms with Gasteiger partial charge in [-0.15, -0.1) is 0 Å². The molecule has 1 aromatic heterocycles. The Morgan fingerprint density at radius 1 is 1.03 bits per heavy atom. The molecular weight excluding hydrogens is 473 g/mol. The lowest BCUT2D eigenvalue weighted by molar-refractivity contribution is 0.102. The molecule has 2 amide bonds. The minimum absolute atomic E-state index is 0.0993. The number of carbonyl (C=O) groups is 2. The van der Waals surface area contributed by atoms with E-state index < -0.39 is 17.6 Å². The molecule has 4 rings (SSSR count). The summed E-state index contributed by atoms with van der Waals surface area (Å²) in [4.78, 5) is 31.7. The number of hydrogen-bond acceptors (Lipinski definition) is 5. The zero-order chi connectivity index (χ0) is 24.9. The lowest BCUT2D eigenvalue weighted by Crippen LogP contribution is -2.28. The Bertz CT molecular complexity index is 1280. The lowest BCUT2D eigenvalue weighted by Gasteiger charge is -2.19. The maximum absolute atomic E-state index is 14.9. The van der Waals surface area contributed by atoms with E-state index in [0.717, 1.165) is 25.9 Å². The maximum Gasteiger partial charge on any atom is 0.259 e. The van der Waals surface area contributed by atoms with Gasteiger partial charge in [0.25, 0.3) is 11.8 Å². The van der Waals surface area contributed by atoms with Crippen LogP contribution < -0.4 is 15.4 Å². The SMILES string of the molecule is COc1ccc(NC(=O)c2ccc(C(=N)N3CCCC3)cc2F)c(C(=O)Nc2ccc(Cl)cn2)c1. The summed E-state index contributed by atoms with van der Waals surface area (Å²) in [6.07, 6.45) is 3.38. The highest BCUT2D eigenvalue weighted by Crippen LogP contribution is 2.25. The summed E-state index contributed by atoms with van der Waals surface area (Å²) in [6, 6.07) is 11.7. The highest BCUT2D eigenvalue weighted by atomic mass is 35.5. The summed E-state index contributed by atoms with van der Waals surface area (Å²) in [6.45, 7) is 1.52. The zero-order valence-electron chi connectivity index (χ0n) is 18.9. The Hall–Kier alpha value is -3.98. The van der Waals surface area contributed by atoms with Crippen molar-refractivity contribution in [2.45, 2.75) is 12.8 Å². The largest absolute Gasteiger partial charge is 0.497 e. The average molecular weight is 496 g/mol. The fraction of sp³-hybridized carbons (Fsp3) is 0.200. The van der Waals surface area contributed by atoms with Gasteiger partial charge in [0.05, 0.1) is 28.9 Å². The van der Waals surface area contributed by atoms with E-state index in [4.69, 9.17) is 21.7 Å². The van der Waals surface area contributed by atoms with Crippen LogP contribution in [0.15, 0.2) is 54.7 Å². The van der Waals surface area contributed by atoms with E-state index >= 15 is 0 Å². The normalized spacial score (nSPS) is 12.8. The molecule has 1 fully saturated rings. The van der Waals surface area contributed by atoms with Gasteiger partial charge >= 0.3 is 0 Å². The predicted octanol–water partition coefficient (Wildman–Crippen LogP) is 4.81. The minimum atomic E-state index is -0.756. The van der Waals surface area contributed by atoms with Gasteiger partial charge in [-0.2, -0.15) is 0 Å². The molecule has 3 N–H and O–H groups in total. The van der Waals surface area contributed by atoms with Crippen molar-refractivity contribution in [3.8, 4) is 5.75 Å². The first kappa shape index (κ1) is 24.2. The number of nitrogens with zero attached hydrogens (tertiary/aromatic N) is 2. The van der Waals surface area contributed by atoms with Crippen LogP contribution in [0.3, 0.4) is 0 Å². The third-order valence-corrected chi connectivity index (χ3v) is 5.82. The molecule has 3 aromatic rings. The number of rotatable bonds is 6. The molecule has 0 unspecified atom stereocenters. The standard InChI is InChI=1S/C25H23ClFN5O3/c1-35-17-6-8-21(19(13-17)25(34)31-22-9-5-16(26)14-29-22)30-24(33)18-7-4-15(12-20(18)27)23(28)32-10-2-3-11-32/h4-9,12-14,28H,2-3,10-11H2,1H3,(H,30,33)(H,29,31,34). The second-order valence-electron chi connectivity index (χ2n) is 7.92. The van der Waals surface area contributed by atoms with Crippen LogP contribution in [0.5, 0.6) is 5.75 Å². The molecule has 35 heavy (non-hydrogen) atoms. The Morgan fingerprint density at radius 3 is 2.43 bits per heavy atom. The summed E-state index contributed by atoms with van der Waals surface area (Å²) < 4.78 is 20.1. The fourth-order valence-electron chi connectivity index (χ4n) is 3.74. The molecule has 2 aromatic carbocycles. The topological polar surface area (TPSA) is 107 Å². The van der Waals surface area contributed by atoms with Crippen LogP contribution in [-0.4, -0.2) is 47.7 Å². The molecule has 8 nitrogen and oxygen atoms in total. The van der Waals surface area contributed by atoms with Gasteiger partial charge < -0.3 is 20.3 Å². The van der Waals surface area contributed by atoms with Gasteiger partial charge in [0.2, 0.25) is 0 Å². The number of carbonyl (C=O) groups excluding carboxylic acids is 2. The van der Waals surface area contributed by atoms with E-state index in [1.165, 1.54) is 43.6 Å². The highest BCUT2D eigenvalue weighted by molar-refractivity contribution is 6.30. The van der Waals surface area contributed by atoms with Crippen molar-refractivity contribution in [1.29, 1.82) is 5.41 Å². The number of anilines is 2. The Morgan fingerprint density at radius 2 is 1.77 bits per heavy atom. The molecule has 0 radical (unpaired) electrons. The fourth-order valence-corrected chi connectivity index (χ4v) is 3.85. The molecule has 0 spiro atoms. The molecule has 10 heteroatoms. The molecule has 180 valence electrons. The van der Waals surface area contributed by atoms with Crippen LogP contribution in [0.25, 0.3) is 0 Å². The average Bonchev–Trinajstić information content (AvgIpc) is 3.40. The van der Waals surface area contributed by atoms with Crippen molar-refractivity contribution < 1.29 is 18.7 Å². The summed E-state index contributed by atoms with van der Waals surface area (Å²) >= 11 is 5.83. The van der Waals surface area contributed by atoms with E-state index in [1.807, 2.05) is 4.90 Å². The first-order valence-electron chi connectivity index (χ1n) is 10.9. The summed E-state index contributed by atoms with van der Waals surface area (Å²) in [7, 11) is 1.45. The van der Waals surface area contributed by atoms with Crippen molar-refractivity contribution in [3.63, 3.8) is 0 Å². The summed E-state index contributed by atoms with van der Waals surface area (Å²) in [5.41, 5.74) is 0.461. The number of methoxy groups -OCH3 is 1. The smallest absolute Gasteiger partial charge is 0.259 e.